The molecule has 2 aromatic rings. The van der Waals surface area contributed by atoms with Crippen LogP contribution in [0.2, 0.25) is 0 Å². The van der Waals surface area contributed by atoms with Crippen LogP contribution < -0.4 is 5.11 Å². The molecule has 12 nitrogen and oxygen atoms in total. The second kappa shape index (κ2) is 15.1. The van der Waals surface area contributed by atoms with Crippen molar-refractivity contribution in [3.63, 3.8) is 0 Å². The number of carbonyl (C=O) groups excluding carboxylic acids is 1. The number of carboxylic acids is 1. The topological polar surface area (TPSA) is 192 Å². The normalized spacial score (nSPS) is 17.2. The number of aliphatic imine (C=N–C) groups is 2. The van der Waals surface area contributed by atoms with Crippen LogP contribution in [-0.2, 0) is 32.4 Å². The minimum Gasteiger partial charge on any atom is -0.550 e. The maximum atomic E-state index is 11.5. The first kappa shape index (κ1) is 37.2. The summed E-state index contributed by atoms with van der Waals surface area (Å²) in [6.07, 6.45) is 6.26. The first-order valence-electron chi connectivity index (χ1n) is 13.6. The number of carbonyl (C=O) groups is 1. The molecule has 2 aromatic carbocycles. The molecular formula is C30H39CoN4O8-. The van der Waals surface area contributed by atoms with Crippen molar-refractivity contribution in [1.82, 2.24) is 0 Å². The van der Waals surface area contributed by atoms with Gasteiger partial charge in [0.25, 0.3) is 11.4 Å². The Morgan fingerprint density at radius 2 is 1.09 bits per heavy atom. The van der Waals surface area contributed by atoms with E-state index in [2.05, 4.69) is 9.98 Å². The Morgan fingerprint density at radius 1 is 0.791 bits per heavy atom. The van der Waals surface area contributed by atoms with Crippen LogP contribution in [0.5, 0.6) is 11.5 Å². The Bertz CT molecular complexity index is 1290. The number of aliphatic carboxylic acids is 1. The van der Waals surface area contributed by atoms with Crippen LogP contribution in [0.15, 0.2) is 34.3 Å². The van der Waals surface area contributed by atoms with Gasteiger partial charge in [-0.05, 0) is 30.6 Å². The van der Waals surface area contributed by atoms with Crippen molar-refractivity contribution in [2.45, 2.75) is 97.1 Å². The van der Waals surface area contributed by atoms with Gasteiger partial charge in [-0.1, -0.05) is 54.4 Å². The molecule has 3 rings (SSSR count). The van der Waals surface area contributed by atoms with Gasteiger partial charge in [0.2, 0.25) is 0 Å². The number of phenolic OH excluding ortho intramolecular Hbond substituents is 2. The summed E-state index contributed by atoms with van der Waals surface area (Å²) in [5, 5.41) is 53.6. The summed E-state index contributed by atoms with van der Waals surface area (Å²) >= 11 is 0. The molecule has 1 radical (unpaired) electrons. The number of aromatic hydroxyl groups is 2. The molecule has 1 saturated carbocycles. The molecule has 0 heterocycles. The van der Waals surface area contributed by atoms with E-state index in [1.54, 1.807) is 0 Å². The van der Waals surface area contributed by atoms with Gasteiger partial charge in [-0.15, -0.1) is 0 Å². The summed E-state index contributed by atoms with van der Waals surface area (Å²) in [5.41, 5.74) is 0.188. The van der Waals surface area contributed by atoms with E-state index in [9.17, 15) is 30.4 Å². The third-order valence-corrected chi connectivity index (χ3v) is 6.79. The van der Waals surface area contributed by atoms with E-state index < -0.39 is 26.6 Å². The number of non-ortho nitro benzene ring substituents is 2. The standard InChI is InChI=1S/C28H36N4O6.C2H4O2.Co/c1-27(2,3)21-13-19(31(35)36)11-17(25(21)33)15-29-23-9-7-8-10-24(23)30-16-18-12-20(32(37)38)14-22(26(18)34)28(4,5)6;1-2(3)4;/h11-16,23-24,33-34H,7-10H2,1-6H3;1H3,(H,3,4);/p-1/t23-,24-;;/m1../s1. The van der Waals surface area contributed by atoms with Crippen molar-refractivity contribution < 1.29 is 46.7 Å². The zero-order valence-electron chi connectivity index (χ0n) is 25.4. The summed E-state index contributed by atoms with van der Waals surface area (Å²) in [7, 11) is 0. The molecule has 0 amide bonds. The van der Waals surface area contributed by atoms with Crippen molar-refractivity contribution in [2.75, 3.05) is 0 Å². The predicted molar refractivity (Wildman–Crippen MR) is 159 cm³/mol. The van der Waals surface area contributed by atoms with Gasteiger partial charge in [0.1, 0.15) is 11.5 Å². The van der Waals surface area contributed by atoms with Gasteiger partial charge in [-0.2, -0.15) is 0 Å². The fourth-order valence-electron chi connectivity index (χ4n) is 4.62. The van der Waals surface area contributed by atoms with E-state index in [-0.39, 0.29) is 62.9 Å². The average Bonchev–Trinajstić information content (AvgIpc) is 2.86. The van der Waals surface area contributed by atoms with Gasteiger partial charge in [0, 0.05) is 81.7 Å². The first-order chi connectivity index (χ1) is 19.3. The third-order valence-electron chi connectivity index (χ3n) is 6.79. The Hall–Kier alpha value is -3.84. The van der Waals surface area contributed by atoms with E-state index in [4.69, 9.17) is 9.90 Å². The van der Waals surface area contributed by atoms with Gasteiger partial charge >= 0.3 is 0 Å². The minimum atomic E-state index is -1.08. The second-order valence-corrected chi connectivity index (χ2v) is 12.3. The molecular weight excluding hydrogens is 603 g/mol. The molecule has 1 aliphatic rings. The molecule has 43 heavy (non-hydrogen) atoms. The number of carboxylic acid groups (broad SMARTS) is 1. The zero-order valence-corrected chi connectivity index (χ0v) is 26.5. The number of benzene rings is 2. The van der Waals surface area contributed by atoms with Gasteiger partial charge < -0.3 is 20.1 Å². The first-order valence-corrected chi connectivity index (χ1v) is 13.6. The zero-order chi connectivity index (χ0) is 32.0. The van der Waals surface area contributed by atoms with Crippen LogP contribution >= 0.6 is 0 Å². The van der Waals surface area contributed by atoms with Crippen LogP contribution in [0.4, 0.5) is 11.4 Å². The molecule has 0 aliphatic heterocycles. The molecule has 2 atom stereocenters. The quantitative estimate of drug-likeness (QED) is 0.247. The van der Waals surface area contributed by atoms with E-state index in [1.165, 1.54) is 36.7 Å². The fourth-order valence-corrected chi connectivity index (χ4v) is 4.62. The Kier molecular flexibility index (Phi) is 13.0. The number of hydrogen-bond donors (Lipinski definition) is 2. The minimum absolute atomic E-state index is 0. The van der Waals surface area contributed by atoms with Crippen molar-refractivity contribution in [1.29, 1.82) is 0 Å². The summed E-state index contributed by atoms with van der Waals surface area (Å²) in [6, 6.07) is 4.89. The van der Waals surface area contributed by atoms with Crippen LogP contribution in [-0.4, -0.2) is 50.5 Å². The average molecular weight is 643 g/mol. The van der Waals surface area contributed by atoms with Gasteiger partial charge in [-0.25, -0.2) is 0 Å². The van der Waals surface area contributed by atoms with Crippen LogP contribution in [0, 0.1) is 20.2 Å². The summed E-state index contributed by atoms with van der Waals surface area (Å²) in [6.45, 7) is 12.2. The largest absolute Gasteiger partial charge is 0.550 e. The number of nitro groups is 2. The van der Waals surface area contributed by atoms with Crippen LogP contribution in [0.1, 0.15) is 96.4 Å². The molecule has 1 aliphatic carbocycles. The molecule has 0 saturated heterocycles. The number of phenols is 2. The van der Waals surface area contributed by atoms with Gasteiger partial charge in [0.05, 0.1) is 21.9 Å². The molecule has 1 fully saturated rings. The Morgan fingerprint density at radius 3 is 1.35 bits per heavy atom. The van der Waals surface area contributed by atoms with Gasteiger partial charge in [0.15, 0.2) is 0 Å². The van der Waals surface area contributed by atoms with Crippen LogP contribution in [0.3, 0.4) is 0 Å². The maximum Gasteiger partial charge on any atom is 0.270 e. The van der Waals surface area contributed by atoms with Crippen LogP contribution in [0.25, 0.3) is 0 Å². The molecule has 0 unspecified atom stereocenters. The fraction of sp³-hybridized carbons (Fsp3) is 0.500. The third kappa shape index (κ3) is 10.4. The smallest absolute Gasteiger partial charge is 0.270 e. The number of nitro benzene ring substituents is 2. The summed E-state index contributed by atoms with van der Waals surface area (Å²) in [4.78, 5) is 40.2. The van der Waals surface area contributed by atoms with Crippen molar-refractivity contribution in [2.24, 2.45) is 9.98 Å². The Balaban J connectivity index is 0.00000174. The molecule has 0 aromatic heterocycles. The van der Waals surface area contributed by atoms with E-state index in [0.29, 0.717) is 11.1 Å². The van der Waals surface area contributed by atoms with Crippen molar-refractivity contribution in [3.05, 3.63) is 66.7 Å². The van der Waals surface area contributed by atoms with Crippen molar-refractivity contribution in [3.8, 4) is 11.5 Å². The molecule has 0 bridgehead atoms. The van der Waals surface area contributed by atoms with E-state index >= 15 is 0 Å². The number of rotatable bonds is 6. The Labute approximate surface area is 261 Å². The summed E-state index contributed by atoms with van der Waals surface area (Å²) in [5.74, 6) is -1.17. The summed E-state index contributed by atoms with van der Waals surface area (Å²) < 4.78 is 0. The molecule has 13 heteroatoms. The maximum absolute atomic E-state index is 11.5. The molecule has 2 N–H and O–H groups in total. The predicted octanol–water partition coefficient (Wildman–Crippen LogP) is 5.11. The molecule has 0 spiro atoms. The van der Waals surface area contributed by atoms with E-state index in [0.717, 1.165) is 32.6 Å². The number of hydrogen-bond acceptors (Lipinski definition) is 10. The SMILES string of the molecule is CC(=O)[O-].CC(C)(C)c1cc([N+](=O)[O-])cc(C=N[C@@H]2CCCC[C@H]2N=Cc2cc([N+](=O)[O-])cc(C(C)(C)C)c2O)c1O.[Co]. The monoisotopic (exact) mass is 642 g/mol. The van der Waals surface area contributed by atoms with Gasteiger partial charge in [-0.3, -0.25) is 30.2 Å². The molecule has 237 valence electrons. The van der Waals surface area contributed by atoms with E-state index in [1.807, 2.05) is 41.5 Å². The number of nitrogens with zero attached hydrogens (tertiary/aromatic N) is 4. The second-order valence-electron chi connectivity index (χ2n) is 12.3. The van der Waals surface area contributed by atoms with Crippen molar-refractivity contribution >= 4 is 29.8 Å².